The molecule has 0 aromatic heterocycles. The maximum absolute atomic E-state index is 11.9. The zero-order chi connectivity index (χ0) is 14.5. The van der Waals surface area contributed by atoms with Crippen LogP contribution in [-0.4, -0.2) is 23.2 Å². The molecule has 3 nitrogen and oxygen atoms in total. The summed E-state index contributed by atoms with van der Waals surface area (Å²) >= 11 is 11.9. The van der Waals surface area contributed by atoms with Gasteiger partial charge in [-0.25, -0.2) is 0 Å². The Kier molecular flexibility index (Phi) is 5.70. The first-order valence-electron chi connectivity index (χ1n) is 6.96. The van der Waals surface area contributed by atoms with Crippen molar-refractivity contribution in [2.45, 2.75) is 50.7 Å². The van der Waals surface area contributed by atoms with Crippen LogP contribution in [0.15, 0.2) is 18.2 Å². The van der Waals surface area contributed by atoms with E-state index in [2.05, 4.69) is 5.32 Å². The van der Waals surface area contributed by atoms with Crippen molar-refractivity contribution in [1.29, 1.82) is 0 Å². The van der Waals surface area contributed by atoms with Crippen LogP contribution in [0.1, 0.15) is 37.7 Å². The van der Waals surface area contributed by atoms with Gasteiger partial charge in [0.15, 0.2) is 0 Å². The van der Waals surface area contributed by atoms with Gasteiger partial charge in [-0.15, -0.1) is 0 Å². The van der Waals surface area contributed by atoms with Gasteiger partial charge in [-0.05, 0) is 49.8 Å². The fourth-order valence-electron chi connectivity index (χ4n) is 2.49. The second-order valence-electron chi connectivity index (χ2n) is 5.31. The molecule has 1 aromatic carbocycles. The lowest BCUT2D eigenvalue weighted by molar-refractivity contribution is -0.122. The number of hydrogen-bond donors (Lipinski definition) is 2. The lowest BCUT2D eigenvalue weighted by Gasteiger charge is -2.26. The third-order valence-corrected chi connectivity index (χ3v) is 4.29. The van der Waals surface area contributed by atoms with Crippen molar-refractivity contribution >= 4 is 29.1 Å². The zero-order valence-corrected chi connectivity index (χ0v) is 12.8. The number of hydrogen-bond acceptors (Lipinski definition) is 2. The Hall–Kier alpha value is -0.770. The molecule has 1 aromatic rings. The third-order valence-electron chi connectivity index (χ3n) is 3.70. The highest BCUT2D eigenvalue weighted by atomic mass is 35.5. The molecule has 0 saturated heterocycles. The van der Waals surface area contributed by atoms with Crippen molar-refractivity contribution in [3.8, 4) is 0 Å². The average Bonchev–Trinajstić information content (AvgIpc) is 2.40. The van der Waals surface area contributed by atoms with Crippen LogP contribution < -0.4 is 5.32 Å². The van der Waals surface area contributed by atoms with E-state index in [0.29, 0.717) is 22.9 Å². The van der Waals surface area contributed by atoms with E-state index in [9.17, 15) is 9.90 Å². The van der Waals surface area contributed by atoms with Gasteiger partial charge in [-0.2, -0.15) is 0 Å². The predicted molar refractivity (Wildman–Crippen MR) is 81.2 cm³/mol. The average molecular weight is 316 g/mol. The first-order valence-corrected chi connectivity index (χ1v) is 7.71. The number of carbonyl (C=O) groups is 1. The number of carbonyl (C=O) groups excluding carboxylic acids is 1. The van der Waals surface area contributed by atoms with Gasteiger partial charge >= 0.3 is 0 Å². The van der Waals surface area contributed by atoms with Crippen molar-refractivity contribution in [2.75, 3.05) is 0 Å². The molecule has 2 N–H and O–H groups in total. The Morgan fingerprint density at radius 1 is 1.25 bits per heavy atom. The Morgan fingerprint density at radius 2 is 1.95 bits per heavy atom. The van der Waals surface area contributed by atoms with Gasteiger partial charge in [0, 0.05) is 22.5 Å². The molecular formula is C15H19Cl2NO2. The Balaban J connectivity index is 1.77. The van der Waals surface area contributed by atoms with Crippen LogP contribution in [0.5, 0.6) is 0 Å². The Bertz CT molecular complexity index is 471. The molecule has 1 aliphatic carbocycles. The summed E-state index contributed by atoms with van der Waals surface area (Å²) in [5.74, 6) is 0.0393. The Labute approximate surface area is 129 Å². The molecular weight excluding hydrogens is 297 g/mol. The van der Waals surface area contributed by atoms with Gasteiger partial charge in [-0.3, -0.25) is 4.79 Å². The van der Waals surface area contributed by atoms with Crippen molar-refractivity contribution in [3.05, 3.63) is 33.8 Å². The highest BCUT2D eigenvalue weighted by molar-refractivity contribution is 6.35. The minimum Gasteiger partial charge on any atom is -0.393 e. The molecule has 0 atom stereocenters. The summed E-state index contributed by atoms with van der Waals surface area (Å²) in [5.41, 5.74) is 0.935. The monoisotopic (exact) mass is 315 g/mol. The summed E-state index contributed by atoms with van der Waals surface area (Å²) in [5, 5.41) is 13.7. The number of benzene rings is 1. The van der Waals surface area contributed by atoms with E-state index in [-0.39, 0.29) is 18.1 Å². The molecule has 0 aliphatic heterocycles. The molecule has 1 amide bonds. The molecule has 1 fully saturated rings. The van der Waals surface area contributed by atoms with Crippen LogP contribution >= 0.6 is 23.2 Å². The maximum Gasteiger partial charge on any atom is 0.220 e. The van der Waals surface area contributed by atoms with Crippen LogP contribution in [-0.2, 0) is 11.2 Å². The van der Waals surface area contributed by atoms with Crippen molar-refractivity contribution in [2.24, 2.45) is 0 Å². The predicted octanol–water partition coefficient (Wildman–Crippen LogP) is 3.35. The van der Waals surface area contributed by atoms with Crippen LogP contribution in [0.4, 0.5) is 0 Å². The molecule has 20 heavy (non-hydrogen) atoms. The SMILES string of the molecule is O=C(CCc1ccc(Cl)cc1Cl)NC1CCC(O)CC1. The van der Waals surface area contributed by atoms with E-state index < -0.39 is 0 Å². The van der Waals surface area contributed by atoms with Gasteiger partial charge in [0.2, 0.25) is 5.91 Å². The number of aliphatic hydroxyl groups excluding tert-OH is 1. The summed E-state index contributed by atoms with van der Waals surface area (Å²) in [7, 11) is 0. The topological polar surface area (TPSA) is 49.3 Å². The summed E-state index contributed by atoms with van der Waals surface area (Å²) in [6, 6.07) is 5.53. The summed E-state index contributed by atoms with van der Waals surface area (Å²) < 4.78 is 0. The smallest absolute Gasteiger partial charge is 0.220 e. The zero-order valence-electron chi connectivity index (χ0n) is 11.2. The number of halogens is 2. The third kappa shape index (κ3) is 4.65. The quantitative estimate of drug-likeness (QED) is 0.895. The van der Waals surface area contributed by atoms with Gasteiger partial charge in [0.1, 0.15) is 0 Å². The number of amides is 1. The van der Waals surface area contributed by atoms with E-state index in [4.69, 9.17) is 23.2 Å². The van der Waals surface area contributed by atoms with Gasteiger partial charge in [0.25, 0.3) is 0 Å². The maximum atomic E-state index is 11.9. The summed E-state index contributed by atoms with van der Waals surface area (Å²) in [4.78, 5) is 11.9. The fourth-order valence-corrected chi connectivity index (χ4v) is 3.00. The summed E-state index contributed by atoms with van der Waals surface area (Å²) in [6.45, 7) is 0. The molecule has 0 heterocycles. The second-order valence-corrected chi connectivity index (χ2v) is 6.15. The first kappa shape index (κ1) is 15.6. The van der Waals surface area contributed by atoms with Crippen LogP contribution in [0.2, 0.25) is 10.0 Å². The van der Waals surface area contributed by atoms with Crippen LogP contribution in [0.3, 0.4) is 0 Å². The number of rotatable bonds is 4. The normalized spacial score (nSPS) is 22.6. The van der Waals surface area contributed by atoms with Crippen LogP contribution in [0.25, 0.3) is 0 Å². The standard InChI is InChI=1S/C15H19Cl2NO2/c16-11-3-1-10(14(17)9-11)2-8-15(20)18-12-4-6-13(19)7-5-12/h1,3,9,12-13,19H,2,4-8H2,(H,18,20). The summed E-state index contributed by atoms with van der Waals surface area (Å²) in [6.07, 6.45) is 4.08. The van der Waals surface area contributed by atoms with Crippen LogP contribution in [0, 0.1) is 0 Å². The van der Waals surface area contributed by atoms with E-state index in [1.165, 1.54) is 0 Å². The molecule has 1 aliphatic rings. The molecule has 1 saturated carbocycles. The minimum absolute atomic E-state index is 0.0393. The molecule has 2 rings (SSSR count). The molecule has 0 bridgehead atoms. The van der Waals surface area contributed by atoms with Gasteiger partial charge in [-0.1, -0.05) is 29.3 Å². The largest absolute Gasteiger partial charge is 0.393 e. The molecule has 0 unspecified atom stereocenters. The molecule has 0 spiro atoms. The lowest BCUT2D eigenvalue weighted by Crippen LogP contribution is -2.38. The van der Waals surface area contributed by atoms with E-state index >= 15 is 0 Å². The van der Waals surface area contributed by atoms with Gasteiger partial charge in [0.05, 0.1) is 6.10 Å². The van der Waals surface area contributed by atoms with E-state index in [1.807, 2.05) is 6.07 Å². The second kappa shape index (κ2) is 7.30. The van der Waals surface area contributed by atoms with E-state index in [1.54, 1.807) is 12.1 Å². The highest BCUT2D eigenvalue weighted by Gasteiger charge is 2.20. The lowest BCUT2D eigenvalue weighted by atomic mass is 9.93. The number of aryl methyl sites for hydroxylation is 1. The molecule has 0 radical (unpaired) electrons. The Morgan fingerprint density at radius 3 is 2.60 bits per heavy atom. The number of aliphatic hydroxyl groups is 1. The first-order chi connectivity index (χ1) is 9.54. The van der Waals surface area contributed by atoms with Crippen molar-refractivity contribution in [1.82, 2.24) is 5.32 Å². The van der Waals surface area contributed by atoms with Crippen molar-refractivity contribution in [3.63, 3.8) is 0 Å². The number of nitrogens with one attached hydrogen (secondary N) is 1. The molecule has 5 heteroatoms. The highest BCUT2D eigenvalue weighted by Crippen LogP contribution is 2.22. The minimum atomic E-state index is -0.198. The fraction of sp³-hybridized carbons (Fsp3) is 0.533. The van der Waals surface area contributed by atoms with Crippen molar-refractivity contribution < 1.29 is 9.90 Å². The van der Waals surface area contributed by atoms with E-state index in [0.717, 1.165) is 31.2 Å². The molecule has 110 valence electrons. The van der Waals surface area contributed by atoms with Gasteiger partial charge < -0.3 is 10.4 Å².